The van der Waals surface area contributed by atoms with Gasteiger partial charge in [-0.1, -0.05) is 31.6 Å². The number of allylic oxidation sites excluding steroid dienone is 2. The van der Waals surface area contributed by atoms with E-state index < -0.39 is 32.3 Å². The van der Waals surface area contributed by atoms with E-state index in [1.807, 2.05) is 39.0 Å². The SMILES string of the molecule is C/C=C\C(=C/C)COC(=O)Nc1ccn(C2CCC(COO[P+](O)(O)OCCCC)O2)c(=O)n1. The number of amides is 1. The van der Waals surface area contributed by atoms with Gasteiger partial charge in [-0.2, -0.15) is 24.2 Å². The number of hydrogen-bond acceptors (Lipinski definition) is 10. The molecule has 2 unspecified atom stereocenters. The van der Waals surface area contributed by atoms with Gasteiger partial charge in [0.1, 0.15) is 31.9 Å². The Morgan fingerprint density at radius 3 is 2.85 bits per heavy atom. The van der Waals surface area contributed by atoms with Crippen molar-refractivity contribution in [3.63, 3.8) is 0 Å². The van der Waals surface area contributed by atoms with Crippen molar-refractivity contribution in [3.05, 3.63) is 46.5 Å². The molecule has 0 spiro atoms. The van der Waals surface area contributed by atoms with Crippen molar-refractivity contribution < 1.29 is 38.1 Å². The van der Waals surface area contributed by atoms with Gasteiger partial charge in [0.15, 0.2) is 0 Å². The number of aromatic nitrogens is 2. The molecule has 2 atom stereocenters. The number of nitrogens with zero attached hydrogens (tertiary/aromatic N) is 2. The van der Waals surface area contributed by atoms with Crippen LogP contribution < -0.4 is 11.0 Å². The minimum atomic E-state index is -4.04. The summed E-state index contributed by atoms with van der Waals surface area (Å²) in [5.41, 5.74) is 0.224. The zero-order valence-corrected chi connectivity index (χ0v) is 20.5. The summed E-state index contributed by atoms with van der Waals surface area (Å²) in [5.74, 6) is 0.0554. The average Bonchev–Trinajstić information content (AvgIpc) is 3.25. The lowest BCUT2D eigenvalue weighted by Gasteiger charge is -2.16. The van der Waals surface area contributed by atoms with Crippen LogP contribution in [0.2, 0.25) is 0 Å². The van der Waals surface area contributed by atoms with Crippen LogP contribution in [0.15, 0.2) is 40.9 Å². The summed E-state index contributed by atoms with van der Waals surface area (Å²) in [4.78, 5) is 52.3. The van der Waals surface area contributed by atoms with E-state index in [-0.39, 0.29) is 25.6 Å². The highest BCUT2D eigenvalue weighted by molar-refractivity contribution is 7.54. The molecule has 34 heavy (non-hydrogen) atoms. The van der Waals surface area contributed by atoms with Crippen molar-refractivity contribution in [2.24, 2.45) is 0 Å². The van der Waals surface area contributed by atoms with Crippen LogP contribution in [-0.2, 0) is 23.6 Å². The average molecular weight is 502 g/mol. The largest absolute Gasteiger partial charge is 0.600 e. The van der Waals surface area contributed by atoms with Gasteiger partial charge in [0.2, 0.25) is 0 Å². The van der Waals surface area contributed by atoms with Crippen molar-refractivity contribution in [3.8, 4) is 0 Å². The number of rotatable bonds is 13. The Labute approximate surface area is 198 Å². The summed E-state index contributed by atoms with van der Waals surface area (Å²) in [5, 5.41) is 2.42. The summed E-state index contributed by atoms with van der Waals surface area (Å²) in [7, 11) is -4.04. The topological polar surface area (TPSA) is 151 Å². The van der Waals surface area contributed by atoms with Gasteiger partial charge in [-0.15, -0.1) is 0 Å². The lowest BCUT2D eigenvalue weighted by molar-refractivity contribution is -0.250. The highest BCUT2D eigenvalue weighted by Gasteiger charge is 2.42. The molecule has 1 aromatic rings. The first-order chi connectivity index (χ1) is 16.3. The second kappa shape index (κ2) is 14.3. The third-order valence-corrected chi connectivity index (χ3v) is 5.56. The van der Waals surface area contributed by atoms with Crippen LogP contribution in [0.4, 0.5) is 10.6 Å². The van der Waals surface area contributed by atoms with Gasteiger partial charge in [-0.25, -0.2) is 9.59 Å². The molecular formula is C21H33N3O9P+. The van der Waals surface area contributed by atoms with Crippen LogP contribution in [-0.4, -0.2) is 51.4 Å². The zero-order chi connectivity index (χ0) is 25.0. The fourth-order valence-corrected chi connectivity index (χ4v) is 3.58. The van der Waals surface area contributed by atoms with E-state index in [9.17, 15) is 19.4 Å². The number of nitrogens with one attached hydrogen (secondary N) is 1. The predicted molar refractivity (Wildman–Crippen MR) is 124 cm³/mol. The number of anilines is 1. The highest BCUT2D eigenvalue weighted by atomic mass is 31.2. The second-order valence-electron chi connectivity index (χ2n) is 7.39. The normalized spacial score (nSPS) is 19.0. The third kappa shape index (κ3) is 9.59. The first-order valence-corrected chi connectivity index (χ1v) is 12.6. The first kappa shape index (κ1) is 28.1. The molecule has 1 aliphatic rings. The summed E-state index contributed by atoms with van der Waals surface area (Å²) < 4.78 is 21.6. The second-order valence-corrected chi connectivity index (χ2v) is 8.78. The van der Waals surface area contributed by atoms with E-state index in [1.54, 1.807) is 0 Å². The Kier molecular flexibility index (Phi) is 11.8. The molecule has 1 aromatic heterocycles. The van der Waals surface area contributed by atoms with E-state index in [0.29, 0.717) is 19.3 Å². The van der Waals surface area contributed by atoms with Gasteiger partial charge in [-0.05, 0) is 44.7 Å². The van der Waals surface area contributed by atoms with Crippen molar-refractivity contribution in [1.82, 2.24) is 9.55 Å². The molecule has 0 aliphatic carbocycles. The molecule has 12 nitrogen and oxygen atoms in total. The van der Waals surface area contributed by atoms with Crippen LogP contribution >= 0.6 is 8.17 Å². The molecule has 190 valence electrons. The lowest BCUT2D eigenvalue weighted by Crippen LogP contribution is -2.29. The van der Waals surface area contributed by atoms with E-state index in [1.165, 1.54) is 16.8 Å². The van der Waals surface area contributed by atoms with Crippen LogP contribution in [0.1, 0.15) is 52.7 Å². The van der Waals surface area contributed by atoms with E-state index in [2.05, 4.69) is 15.0 Å². The zero-order valence-electron chi connectivity index (χ0n) is 19.6. The van der Waals surface area contributed by atoms with Crippen molar-refractivity contribution in [2.45, 2.75) is 58.8 Å². The molecule has 0 bridgehead atoms. The number of carbonyl (C=O) groups excluding carboxylic acids is 1. The van der Waals surface area contributed by atoms with Crippen LogP contribution in [0, 0.1) is 0 Å². The van der Waals surface area contributed by atoms with Gasteiger partial charge in [0.25, 0.3) is 0 Å². The summed E-state index contributed by atoms with van der Waals surface area (Å²) >= 11 is 0. The molecule has 3 N–H and O–H groups in total. The van der Waals surface area contributed by atoms with E-state index >= 15 is 0 Å². The van der Waals surface area contributed by atoms with Gasteiger partial charge in [-0.3, -0.25) is 9.88 Å². The Hall–Kier alpha value is -2.18. The Morgan fingerprint density at radius 2 is 2.18 bits per heavy atom. The molecule has 0 aromatic carbocycles. The van der Waals surface area contributed by atoms with Gasteiger partial charge >= 0.3 is 20.0 Å². The Balaban J connectivity index is 1.80. The minimum absolute atomic E-state index is 0.0554. The molecule has 1 amide bonds. The van der Waals surface area contributed by atoms with Crippen molar-refractivity contribution >= 4 is 20.1 Å². The monoisotopic (exact) mass is 502 g/mol. The molecule has 13 heteroatoms. The molecule has 2 rings (SSSR count). The smallest absolute Gasteiger partial charge is 0.444 e. The Bertz CT molecular complexity index is 904. The lowest BCUT2D eigenvalue weighted by atomic mass is 10.2. The van der Waals surface area contributed by atoms with Gasteiger partial charge in [0, 0.05) is 10.9 Å². The molecule has 0 saturated carbocycles. The fourth-order valence-electron chi connectivity index (χ4n) is 2.97. The highest BCUT2D eigenvalue weighted by Crippen LogP contribution is 2.52. The maximum absolute atomic E-state index is 12.4. The number of hydrogen-bond donors (Lipinski definition) is 3. The molecule has 1 saturated heterocycles. The molecule has 0 radical (unpaired) electrons. The Morgan fingerprint density at radius 1 is 1.38 bits per heavy atom. The maximum Gasteiger partial charge on any atom is 0.600 e. The van der Waals surface area contributed by atoms with Gasteiger partial charge < -0.3 is 9.47 Å². The third-order valence-electron chi connectivity index (χ3n) is 4.74. The number of ether oxygens (including phenoxy) is 2. The standard InChI is InChI=1S/C21H32N3O9P/c1-4-7-13-31-34(27,28)33-30-15-17-9-10-19(32-17)24-12-11-18(22-20(24)25)23-21(26)29-14-16(6-3)8-5-2/h5-6,8,11-12,17,19,27-28H,4,7,9-10,13-15H2,1-3H3/p+1/b8-5-,16-6+. The number of carbonyl (C=O) groups is 1. The summed E-state index contributed by atoms with van der Waals surface area (Å²) in [6.07, 6.45) is 7.75. The number of unbranched alkanes of at least 4 members (excludes halogenated alkanes) is 1. The maximum atomic E-state index is 12.4. The summed E-state index contributed by atoms with van der Waals surface area (Å²) in [6.45, 7) is 5.80. The van der Waals surface area contributed by atoms with Crippen LogP contribution in [0.3, 0.4) is 0 Å². The first-order valence-electron chi connectivity index (χ1n) is 11.0. The van der Waals surface area contributed by atoms with Crippen molar-refractivity contribution in [2.75, 3.05) is 25.1 Å². The fraction of sp³-hybridized carbons (Fsp3) is 0.571. The van der Waals surface area contributed by atoms with Gasteiger partial charge in [0.05, 0.1) is 6.10 Å². The van der Waals surface area contributed by atoms with Crippen LogP contribution in [0.25, 0.3) is 0 Å². The van der Waals surface area contributed by atoms with E-state index in [0.717, 1.165) is 12.0 Å². The predicted octanol–water partition coefficient (Wildman–Crippen LogP) is 3.42. The minimum Gasteiger partial charge on any atom is -0.444 e. The van der Waals surface area contributed by atoms with Crippen molar-refractivity contribution in [1.29, 1.82) is 0 Å². The van der Waals surface area contributed by atoms with E-state index in [4.69, 9.17) is 18.9 Å². The molecule has 2 heterocycles. The van der Waals surface area contributed by atoms with Crippen LogP contribution in [0.5, 0.6) is 0 Å². The summed E-state index contributed by atoms with van der Waals surface area (Å²) in [6, 6.07) is 1.46. The molecular weight excluding hydrogens is 469 g/mol. The molecule has 1 fully saturated rings. The quantitative estimate of drug-likeness (QED) is 0.120. The molecule has 1 aliphatic heterocycles.